The topological polar surface area (TPSA) is 85.6 Å². The van der Waals surface area contributed by atoms with E-state index in [1.54, 1.807) is 32.0 Å². The van der Waals surface area contributed by atoms with Gasteiger partial charge in [0.05, 0.1) is 23.8 Å². The molecule has 0 aliphatic rings. The van der Waals surface area contributed by atoms with Gasteiger partial charge in [-0.15, -0.1) is 0 Å². The molecule has 0 radical (unpaired) electrons. The maximum Gasteiger partial charge on any atom is 0.348 e. The van der Waals surface area contributed by atoms with Crippen molar-refractivity contribution in [1.82, 2.24) is 0 Å². The van der Waals surface area contributed by atoms with Crippen molar-refractivity contribution in [2.24, 2.45) is 0 Å². The lowest BCUT2D eigenvalue weighted by molar-refractivity contribution is -0.137. The molecule has 0 bridgehead atoms. The molecule has 2 aromatic rings. The van der Waals surface area contributed by atoms with Crippen molar-refractivity contribution in [1.29, 1.82) is 5.26 Å². The fraction of sp³-hybridized carbons (Fsp3) is 0.190. The highest BCUT2D eigenvalue weighted by Crippen LogP contribution is 2.31. The average Bonchev–Trinajstić information content (AvgIpc) is 2.68. The molecule has 0 atom stereocenters. The van der Waals surface area contributed by atoms with Crippen LogP contribution in [0.25, 0.3) is 6.08 Å². The maximum atomic E-state index is 12.5. The molecule has 0 N–H and O–H groups in total. The molecule has 0 saturated carbocycles. The van der Waals surface area contributed by atoms with Gasteiger partial charge in [0.2, 0.25) is 0 Å². The van der Waals surface area contributed by atoms with Crippen molar-refractivity contribution >= 4 is 41.2 Å². The Balaban J connectivity index is 2.33. The van der Waals surface area contributed by atoms with Gasteiger partial charge in [0.15, 0.2) is 11.5 Å². The van der Waals surface area contributed by atoms with Crippen LogP contribution in [0.2, 0.25) is 10.0 Å². The number of esters is 2. The summed E-state index contributed by atoms with van der Waals surface area (Å²) >= 11 is 11.9. The van der Waals surface area contributed by atoms with E-state index in [0.29, 0.717) is 17.2 Å². The van der Waals surface area contributed by atoms with Crippen LogP contribution in [-0.4, -0.2) is 25.2 Å². The molecule has 6 nitrogen and oxygen atoms in total. The van der Waals surface area contributed by atoms with Crippen molar-refractivity contribution in [2.75, 3.05) is 13.2 Å². The summed E-state index contributed by atoms with van der Waals surface area (Å²) in [4.78, 5) is 24.2. The van der Waals surface area contributed by atoms with E-state index in [9.17, 15) is 9.59 Å². The van der Waals surface area contributed by atoms with E-state index in [1.165, 1.54) is 30.3 Å². The molecular weight excluding hydrogens is 417 g/mol. The summed E-state index contributed by atoms with van der Waals surface area (Å²) < 4.78 is 15.8. The Kier molecular flexibility index (Phi) is 8.08. The molecule has 0 spiro atoms. The lowest BCUT2D eigenvalue weighted by Gasteiger charge is -2.12. The summed E-state index contributed by atoms with van der Waals surface area (Å²) in [6, 6.07) is 10.9. The number of carbonyl (C=O) groups excluding carboxylic acids is 2. The van der Waals surface area contributed by atoms with Crippen LogP contribution in [0.3, 0.4) is 0 Å². The third-order valence-corrected chi connectivity index (χ3v) is 4.10. The molecule has 0 aliphatic heterocycles. The normalized spacial score (nSPS) is 10.8. The Hall–Kier alpha value is -3.01. The van der Waals surface area contributed by atoms with E-state index in [-0.39, 0.29) is 34.3 Å². The number of halogens is 2. The monoisotopic (exact) mass is 433 g/mol. The highest BCUT2D eigenvalue weighted by atomic mass is 35.5. The number of carbonyl (C=O) groups is 2. The first kappa shape index (κ1) is 22.3. The van der Waals surface area contributed by atoms with Crippen LogP contribution in [0.1, 0.15) is 29.8 Å². The molecule has 0 aromatic heterocycles. The standard InChI is InChI=1S/C21H17Cl2NO5/c1-3-27-19-10-13(9-14(12-24)20(25)28-4-2)5-8-18(19)29-21(26)16-7-6-15(22)11-17(16)23/h5-11H,3-4H2,1-2H3. The fourth-order valence-electron chi connectivity index (χ4n) is 2.29. The van der Waals surface area contributed by atoms with E-state index in [4.69, 9.17) is 42.7 Å². The second kappa shape index (κ2) is 10.5. The van der Waals surface area contributed by atoms with Crippen molar-refractivity contribution in [3.05, 3.63) is 63.1 Å². The Morgan fingerprint density at radius 1 is 1.07 bits per heavy atom. The Bertz CT molecular complexity index is 995. The molecule has 0 aliphatic carbocycles. The van der Waals surface area contributed by atoms with Crippen molar-refractivity contribution in [2.45, 2.75) is 13.8 Å². The van der Waals surface area contributed by atoms with Gasteiger partial charge in [-0.3, -0.25) is 0 Å². The fourth-order valence-corrected chi connectivity index (χ4v) is 2.77. The first-order chi connectivity index (χ1) is 13.9. The number of hydrogen-bond donors (Lipinski definition) is 0. The number of benzene rings is 2. The highest BCUT2D eigenvalue weighted by Gasteiger charge is 2.17. The molecule has 2 aromatic carbocycles. The molecule has 0 unspecified atom stereocenters. The van der Waals surface area contributed by atoms with Crippen LogP contribution in [0.15, 0.2) is 42.0 Å². The smallest absolute Gasteiger partial charge is 0.348 e. The van der Waals surface area contributed by atoms with Gasteiger partial charge in [-0.1, -0.05) is 29.3 Å². The van der Waals surface area contributed by atoms with Crippen LogP contribution in [-0.2, 0) is 9.53 Å². The molecule has 0 heterocycles. The lowest BCUT2D eigenvalue weighted by Crippen LogP contribution is -2.10. The predicted octanol–water partition coefficient (Wildman–Crippen LogP) is 5.08. The second-order valence-electron chi connectivity index (χ2n) is 5.54. The van der Waals surface area contributed by atoms with E-state index in [1.807, 2.05) is 0 Å². The summed E-state index contributed by atoms with van der Waals surface area (Å²) in [5.41, 5.74) is 0.492. The molecule has 0 amide bonds. The third-order valence-electron chi connectivity index (χ3n) is 3.55. The minimum atomic E-state index is -0.721. The number of rotatable bonds is 7. The zero-order valence-corrected chi connectivity index (χ0v) is 17.2. The van der Waals surface area contributed by atoms with Gasteiger partial charge in [-0.05, 0) is 55.8 Å². The summed E-state index contributed by atoms with van der Waals surface area (Å²) in [5, 5.41) is 9.72. The first-order valence-electron chi connectivity index (χ1n) is 8.62. The molecule has 150 valence electrons. The molecule has 2 rings (SSSR count). The maximum absolute atomic E-state index is 12.5. The van der Waals surface area contributed by atoms with Crippen molar-refractivity contribution in [3.8, 4) is 17.6 Å². The first-order valence-corrected chi connectivity index (χ1v) is 9.38. The van der Waals surface area contributed by atoms with Crippen LogP contribution in [0.4, 0.5) is 0 Å². The van der Waals surface area contributed by atoms with E-state index in [2.05, 4.69) is 0 Å². The van der Waals surface area contributed by atoms with Gasteiger partial charge in [-0.2, -0.15) is 5.26 Å². The SMILES string of the molecule is CCOC(=O)C(C#N)=Cc1ccc(OC(=O)c2ccc(Cl)cc2Cl)c(OCC)c1. The quantitative estimate of drug-likeness (QED) is 0.262. The zero-order valence-electron chi connectivity index (χ0n) is 15.7. The molecule has 0 saturated heterocycles. The van der Waals surface area contributed by atoms with Crippen LogP contribution in [0, 0.1) is 11.3 Å². The van der Waals surface area contributed by atoms with Gasteiger partial charge in [0, 0.05) is 5.02 Å². The van der Waals surface area contributed by atoms with Gasteiger partial charge in [-0.25, -0.2) is 9.59 Å². The number of nitrogens with zero attached hydrogens (tertiary/aromatic N) is 1. The molecule has 8 heteroatoms. The van der Waals surface area contributed by atoms with Crippen molar-refractivity contribution < 1.29 is 23.8 Å². The number of nitriles is 1. The lowest BCUT2D eigenvalue weighted by atomic mass is 10.1. The summed E-state index contributed by atoms with van der Waals surface area (Å²) in [6.45, 7) is 3.88. The Morgan fingerprint density at radius 3 is 2.45 bits per heavy atom. The van der Waals surface area contributed by atoms with E-state index < -0.39 is 11.9 Å². The Labute approximate surface area is 178 Å². The van der Waals surface area contributed by atoms with Crippen LogP contribution < -0.4 is 9.47 Å². The average molecular weight is 434 g/mol. The molecule has 0 fully saturated rings. The van der Waals surface area contributed by atoms with Crippen LogP contribution in [0.5, 0.6) is 11.5 Å². The zero-order chi connectivity index (χ0) is 21.4. The highest BCUT2D eigenvalue weighted by molar-refractivity contribution is 6.36. The molecule has 29 heavy (non-hydrogen) atoms. The predicted molar refractivity (Wildman–Crippen MR) is 109 cm³/mol. The van der Waals surface area contributed by atoms with Gasteiger partial charge in [0.1, 0.15) is 11.6 Å². The second-order valence-corrected chi connectivity index (χ2v) is 6.39. The third kappa shape index (κ3) is 5.98. The summed E-state index contributed by atoms with van der Waals surface area (Å²) in [6.07, 6.45) is 1.36. The molecular formula is C21H17Cl2NO5. The van der Waals surface area contributed by atoms with Gasteiger partial charge in [0.25, 0.3) is 0 Å². The largest absolute Gasteiger partial charge is 0.490 e. The Morgan fingerprint density at radius 2 is 1.83 bits per heavy atom. The van der Waals surface area contributed by atoms with E-state index in [0.717, 1.165) is 0 Å². The minimum absolute atomic E-state index is 0.150. The van der Waals surface area contributed by atoms with Crippen LogP contribution >= 0.6 is 23.2 Å². The van der Waals surface area contributed by atoms with E-state index >= 15 is 0 Å². The van der Waals surface area contributed by atoms with Crippen molar-refractivity contribution in [3.63, 3.8) is 0 Å². The minimum Gasteiger partial charge on any atom is -0.490 e. The van der Waals surface area contributed by atoms with Gasteiger partial charge < -0.3 is 14.2 Å². The number of hydrogen-bond acceptors (Lipinski definition) is 6. The van der Waals surface area contributed by atoms with Gasteiger partial charge >= 0.3 is 11.9 Å². The number of ether oxygens (including phenoxy) is 3. The summed E-state index contributed by atoms with van der Waals surface area (Å²) in [5.74, 6) is -0.975. The summed E-state index contributed by atoms with van der Waals surface area (Å²) in [7, 11) is 0.